The van der Waals surface area contributed by atoms with Gasteiger partial charge in [0.25, 0.3) is 0 Å². The maximum absolute atomic E-state index is 8.60. The molecule has 0 fully saturated rings. The number of hydrogen-bond donors (Lipinski definition) is 0. The van der Waals surface area contributed by atoms with Crippen LogP contribution in [0.25, 0.3) is 10.4 Å². The summed E-state index contributed by atoms with van der Waals surface area (Å²) in [4.78, 5) is 2.66. The Bertz CT molecular complexity index is 478. The molecule has 0 bridgehead atoms. The minimum Gasteiger partial charge on any atom is -0.192 e. The summed E-state index contributed by atoms with van der Waals surface area (Å²) >= 11 is 0. The molecule has 0 saturated heterocycles. The number of benzene rings is 1. The molecule has 0 atom stereocenters. The molecule has 0 heterocycles. The van der Waals surface area contributed by atoms with E-state index in [0.717, 1.165) is 12.0 Å². The Labute approximate surface area is 94.1 Å². The van der Waals surface area contributed by atoms with Gasteiger partial charge in [0.1, 0.15) is 0 Å². The van der Waals surface area contributed by atoms with Crippen molar-refractivity contribution in [3.63, 3.8) is 0 Å². The lowest BCUT2D eigenvalue weighted by molar-refractivity contribution is 0.862. The van der Waals surface area contributed by atoms with E-state index in [4.69, 9.17) is 10.8 Å². The molecule has 0 aliphatic rings. The molecule has 0 amide bonds. The van der Waals surface area contributed by atoms with E-state index >= 15 is 0 Å². The first kappa shape index (κ1) is 11.7. The standard InChI is InChI=1S/C12H10N4/c13-10-12-7-5-11(6-8-12)4-2-1-3-9-15-16-14/h5-8H,1,3,9H2. The van der Waals surface area contributed by atoms with Gasteiger partial charge in [-0.1, -0.05) is 17.0 Å². The predicted molar refractivity (Wildman–Crippen MR) is 61.3 cm³/mol. The number of nitriles is 1. The van der Waals surface area contributed by atoms with E-state index < -0.39 is 0 Å². The first-order valence-corrected chi connectivity index (χ1v) is 4.86. The van der Waals surface area contributed by atoms with Crippen LogP contribution in [0.2, 0.25) is 0 Å². The van der Waals surface area contributed by atoms with Crippen molar-refractivity contribution in [2.24, 2.45) is 5.11 Å². The Kier molecular flexibility index (Phi) is 5.06. The van der Waals surface area contributed by atoms with Gasteiger partial charge in [0.15, 0.2) is 0 Å². The maximum atomic E-state index is 8.60. The number of azide groups is 1. The summed E-state index contributed by atoms with van der Waals surface area (Å²) in [5.74, 6) is 5.96. The molecule has 0 aliphatic heterocycles. The van der Waals surface area contributed by atoms with Gasteiger partial charge in [-0.3, -0.25) is 0 Å². The predicted octanol–water partition coefficient (Wildman–Crippen LogP) is 3.00. The fourth-order valence-corrected chi connectivity index (χ4v) is 1.08. The van der Waals surface area contributed by atoms with Crippen LogP contribution in [0.4, 0.5) is 0 Å². The third kappa shape index (κ3) is 4.19. The van der Waals surface area contributed by atoms with Crippen LogP contribution in [-0.2, 0) is 0 Å². The van der Waals surface area contributed by atoms with E-state index in [2.05, 4.69) is 21.9 Å². The summed E-state index contributed by atoms with van der Waals surface area (Å²) in [6, 6.07) is 9.17. The van der Waals surface area contributed by atoms with Crippen LogP contribution >= 0.6 is 0 Å². The topological polar surface area (TPSA) is 72.5 Å². The van der Waals surface area contributed by atoms with Crippen molar-refractivity contribution in [3.8, 4) is 17.9 Å². The van der Waals surface area contributed by atoms with E-state index in [1.54, 1.807) is 12.1 Å². The third-order valence-electron chi connectivity index (χ3n) is 1.87. The first-order chi connectivity index (χ1) is 7.86. The van der Waals surface area contributed by atoms with Crippen LogP contribution in [0.1, 0.15) is 24.0 Å². The molecule has 1 rings (SSSR count). The molecule has 1 aromatic rings. The third-order valence-corrected chi connectivity index (χ3v) is 1.87. The largest absolute Gasteiger partial charge is 0.192 e. The Morgan fingerprint density at radius 3 is 2.56 bits per heavy atom. The van der Waals surface area contributed by atoms with Crippen molar-refractivity contribution < 1.29 is 0 Å². The molecule has 78 valence electrons. The minimum atomic E-state index is 0.485. The molecule has 16 heavy (non-hydrogen) atoms. The Balaban J connectivity index is 2.44. The lowest BCUT2D eigenvalue weighted by atomic mass is 10.1. The zero-order valence-electron chi connectivity index (χ0n) is 8.72. The van der Waals surface area contributed by atoms with Crippen molar-refractivity contribution in [2.45, 2.75) is 12.8 Å². The van der Waals surface area contributed by atoms with Crippen LogP contribution in [0.3, 0.4) is 0 Å². The first-order valence-electron chi connectivity index (χ1n) is 4.86. The van der Waals surface area contributed by atoms with E-state index in [-0.39, 0.29) is 0 Å². The lowest BCUT2D eigenvalue weighted by Gasteiger charge is -1.90. The van der Waals surface area contributed by atoms with Gasteiger partial charge in [-0.15, -0.1) is 0 Å². The molecular weight excluding hydrogens is 200 g/mol. The van der Waals surface area contributed by atoms with Crippen molar-refractivity contribution in [3.05, 3.63) is 45.8 Å². The fourth-order valence-electron chi connectivity index (χ4n) is 1.08. The second kappa shape index (κ2) is 6.95. The van der Waals surface area contributed by atoms with Gasteiger partial charge in [-0.25, -0.2) is 0 Å². The van der Waals surface area contributed by atoms with E-state index in [1.165, 1.54) is 0 Å². The van der Waals surface area contributed by atoms with Gasteiger partial charge in [0.05, 0.1) is 11.6 Å². The molecule has 0 aromatic heterocycles. The number of unbranched alkanes of at least 4 members (excludes halogenated alkanes) is 1. The molecule has 0 saturated carbocycles. The molecule has 0 spiro atoms. The summed E-state index contributed by atoms with van der Waals surface area (Å²) < 4.78 is 0. The highest BCUT2D eigenvalue weighted by Gasteiger charge is 1.88. The van der Waals surface area contributed by atoms with E-state index in [1.807, 2.05) is 18.2 Å². The van der Waals surface area contributed by atoms with Crippen LogP contribution in [0.5, 0.6) is 0 Å². The molecule has 4 nitrogen and oxygen atoms in total. The molecular formula is C12H10N4. The zero-order valence-corrected chi connectivity index (χ0v) is 8.72. The average molecular weight is 210 g/mol. The number of hydrogen-bond acceptors (Lipinski definition) is 2. The monoisotopic (exact) mass is 210 g/mol. The van der Waals surface area contributed by atoms with Crippen LogP contribution in [-0.4, -0.2) is 6.54 Å². The SMILES string of the molecule is N#Cc1ccc(C#CCCCN=[N+]=[N-])cc1. The lowest BCUT2D eigenvalue weighted by Crippen LogP contribution is -1.78. The quantitative estimate of drug-likeness (QED) is 0.248. The van der Waals surface area contributed by atoms with Crippen LogP contribution in [0.15, 0.2) is 29.4 Å². The second-order valence-electron chi connectivity index (χ2n) is 3.05. The van der Waals surface area contributed by atoms with Gasteiger partial charge >= 0.3 is 0 Å². The summed E-state index contributed by atoms with van der Waals surface area (Å²) in [6.45, 7) is 0.485. The normalized spacial score (nSPS) is 8.19. The van der Waals surface area contributed by atoms with Crippen LogP contribution < -0.4 is 0 Å². The minimum absolute atomic E-state index is 0.485. The smallest absolute Gasteiger partial charge is 0.0991 e. The highest BCUT2D eigenvalue weighted by molar-refractivity contribution is 5.39. The zero-order chi connectivity index (χ0) is 11.6. The Hall–Kier alpha value is -2.42. The van der Waals surface area contributed by atoms with E-state index in [9.17, 15) is 0 Å². The summed E-state index contributed by atoms with van der Waals surface area (Å²) in [6.07, 6.45) is 1.48. The van der Waals surface area contributed by atoms with Gasteiger partial charge in [0.2, 0.25) is 0 Å². The highest BCUT2D eigenvalue weighted by Crippen LogP contribution is 2.01. The molecule has 0 N–H and O–H groups in total. The molecule has 0 aliphatic carbocycles. The summed E-state index contributed by atoms with van der Waals surface area (Å²) in [5.41, 5.74) is 9.57. The molecule has 0 radical (unpaired) electrons. The maximum Gasteiger partial charge on any atom is 0.0991 e. The number of nitrogens with zero attached hydrogens (tertiary/aromatic N) is 4. The highest BCUT2D eigenvalue weighted by atomic mass is 15.1. The van der Waals surface area contributed by atoms with Gasteiger partial charge < -0.3 is 0 Å². The summed E-state index contributed by atoms with van der Waals surface area (Å²) in [5, 5.41) is 12.0. The second-order valence-corrected chi connectivity index (χ2v) is 3.05. The van der Waals surface area contributed by atoms with Gasteiger partial charge in [-0.2, -0.15) is 5.26 Å². The fraction of sp³-hybridized carbons (Fsp3) is 0.250. The molecule has 0 unspecified atom stereocenters. The van der Waals surface area contributed by atoms with Crippen molar-refractivity contribution in [1.29, 1.82) is 5.26 Å². The van der Waals surface area contributed by atoms with E-state index in [0.29, 0.717) is 18.5 Å². The van der Waals surface area contributed by atoms with Gasteiger partial charge in [-0.05, 0) is 36.2 Å². The Morgan fingerprint density at radius 1 is 1.25 bits per heavy atom. The molecule has 4 heteroatoms. The van der Waals surface area contributed by atoms with Gasteiger partial charge in [0, 0.05) is 23.4 Å². The molecule has 1 aromatic carbocycles. The summed E-state index contributed by atoms with van der Waals surface area (Å²) in [7, 11) is 0. The Morgan fingerprint density at radius 2 is 1.94 bits per heavy atom. The number of rotatable bonds is 3. The average Bonchev–Trinajstić information content (AvgIpc) is 2.34. The van der Waals surface area contributed by atoms with Crippen molar-refractivity contribution >= 4 is 0 Å². The van der Waals surface area contributed by atoms with Crippen molar-refractivity contribution in [1.82, 2.24) is 0 Å². The van der Waals surface area contributed by atoms with Crippen molar-refractivity contribution in [2.75, 3.05) is 6.54 Å². The van der Waals surface area contributed by atoms with Crippen LogP contribution in [0, 0.1) is 23.2 Å².